The second-order valence-electron chi connectivity index (χ2n) is 7.24. The Balaban J connectivity index is 1.60. The Morgan fingerprint density at radius 3 is 2.11 bits per heavy atom. The van der Waals surface area contributed by atoms with Crippen molar-refractivity contribution in [1.82, 2.24) is 5.32 Å². The first kappa shape index (κ1) is 19.2. The predicted molar refractivity (Wildman–Crippen MR) is 108 cm³/mol. The number of benzene rings is 2. The second kappa shape index (κ2) is 8.38. The lowest BCUT2D eigenvalue weighted by molar-refractivity contribution is -0.125. The van der Waals surface area contributed by atoms with Crippen LogP contribution in [0.2, 0.25) is 0 Å². The van der Waals surface area contributed by atoms with Crippen molar-refractivity contribution < 1.29 is 9.59 Å². The van der Waals surface area contributed by atoms with E-state index in [1.165, 1.54) is 0 Å². The third-order valence-corrected chi connectivity index (χ3v) is 5.37. The van der Waals surface area contributed by atoms with Gasteiger partial charge < -0.3 is 10.6 Å². The first-order valence-corrected chi connectivity index (χ1v) is 9.82. The molecule has 2 N–H and O–H groups in total. The normalized spacial score (nSPS) is 19.2. The zero-order valence-electron chi connectivity index (χ0n) is 16.3. The Kier molecular flexibility index (Phi) is 5.94. The van der Waals surface area contributed by atoms with E-state index in [0.29, 0.717) is 6.42 Å². The number of nitrogens with one attached hydrogen (secondary N) is 2. The number of hydrogen-bond acceptors (Lipinski definition) is 2. The third-order valence-electron chi connectivity index (χ3n) is 5.37. The summed E-state index contributed by atoms with van der Waals surface area (Å²) >= 11 is 0. The molecule has 0 aromatic heterocycles. The molecular weight excluding hydrogens is 336 g/mol. The fourth-order valence-electron chi connectivity index (χ4n) is 3.54. The molecule has 0 aliphatic heterocycles. The van der Waals surface area contributed by atoms with Gasteiger partial charge in [-0.1, -0.05) is 62.4 Å². The van der Waals surface area contributed by atoms with Crippen LogP contribution < -0.4 is 10.6 Å². The molecule has 1 saturated carbocycles. The van der Waals surface area contributed by atoms with E-state index in [9.17, 15) is 9.59 Å². The molecule has 3 rings (SSSR count). The van der Waals surface area contributed by atoms with Gasteiger partial charge in [0.2, 0.25) is 11.8 Å². The first-order chi connectivity index (χ1) is 13.0. The zero-order valence-corrected chi connectivity index (χ0v) is 16.3. The minimum Gasteiger partial charge on any atom is -0.349 e. The van der Waals surface area contributed by atoms with Gasteiger partial charge in [-0.3, -0.25) is 9.59 Å². The maximum atomic E-state index is 12.7. The highest BCUT2D eigenvalue weighted by atomic mass is 16.2. The van der Waals surface area contributed by atoms with E-state index >= 15 is 0 Å². The molecule has 2 aromatic carbocycles. The van der Waals surface area contributed by atoms with Gasteiger partial charge in [0.1, 0.15) is 0 Å². The first-order valence-electron chi connectivity index (χ1n) is 9.82. The number of anilines is 1. The molecule has 0 heterocycles. The highest BCUT2D eigenvalue weighted by Crippen LogP contribution is 2.40. The van der Waals surface area contributed by atoms with E-state index in [0.717, 1.165) is 35.2 Å². The minimum atomic E-state index is -0.234. The van der Waals surface area contributed by atoms with Crippen molar-refractivity contribution in [2.45, 2.75) is 46.1 Å². The van der Waals surface area contributed by atoms with Crippen LogP contribution in [0.4, 0.5) is 5.69 Å². The van der Waals surface area contributed by atoms with Crippen LogP contribution in [0.5, 0.6) is 0 Å². The van der Waals surface area contributed by atoms with Gasteiger partial charge >= 0.3 is 0 Å². The number of carbonyl (C=O) groups excluding carboxylic acids is 2. The lowest BCUT2D eigenvalue weighted by Gasteiger charge is -2.15. The Morgan fingerprint density at radius 1 is 0.926 bits per heavy atom. The van der Waals surface area contributed by atoms with Crippen molar-refractivity contribution in [1.29, 1.82) is 0 Å². The number of amides is 2. The highest BCUT2D eigenvalue weighted by Gasteiger charge is 2.48. The number of rotatable bonds is 7. The van der Waals surface area contributed by atoms with Gasteiger partial charge in [0, 0.05) is 5.69 Å². The van der Waals surface area contributed by atoms with Crippen molar-refractivity contribution in [3.63, 3.8) is 0 Å². The molecule has 0 radical (unpaired) electrons. The lowest BCUT2D eigenvalue weighted by Crippen LogP contribution is -2.30. The van der Waals surface area contributed by atoms with Crippen LogP contribution >= 0.6 is 0 Å². The van der Waals surface area contributed by atoms with Crippen LogP contribution in [0, 0.1) is 11.8 Å². The summed E-state index contributed by atoms with van der Waals surface area (Å²) in [6.07, 6.45) is 2.36. The zero-order chi connectivity index (χ0) is 19.4. The molecule has 27 heavy (non-hydrogen) atoms. The summed E-state index contributed by atoms with van der Waals surface area (Å²) in [5, 5.41) is 6.13. The monoisotopic (exact) mass is 364 g/mol. The van der Waals surface area contributed by atoms with Crippen molar-refractivity contribution in [2.75, 3.05) is 5.32 Å². The Hall–Kier alpha value is -2.62. The van der Waals surface area contributed by atoms with Crippen LogP contribution in [0.3, 0.4) is 0 Å². The molecule has 1 aliphatic carbocycles. The quantitative estimate of drug-likeness (QED) is 0.771. The molecule has 4 nitrogen and oxygen atoms in total. The van der Waals surface area contributed by atoms with Crippen LogP contribution in [-0.2, 0) is 22.4 Å². The molecule has 0 bridgehead atoms. The predicted octanol–water partition coefficient (Wildman–Crippen LogP) is 4.26. The van der Waals surface area contributed by atoms with Gasteiger partial charge in [-0.2, -0.15) is 0 Å². The maximum absolute atomic E-state index is 12.7. The summed E-state index contributed by atoms with van der Waals surface area (Å²) < 4.78 is 0. The molecule has 3 atom stereocenters. The molecule has 0 spiro atoms. The lowest BCUT2D eigenvalue weighted by atomic mass is 10.0. The number of aryl methyl sites for hydroxylation is 2. The smallest absolute Gasteiger partial charge is 0.228 e. The molecule has 4 heteroatoms. The van der Waals surface area contributed by atoms with E-state index in [1.807, 2.05) is 55.5 Å². The fraction of sp³-hybridized carbons (Fsp3) is 0.391. The second-order valence-corrected chi connectivity index (χ2v) is 7.24. The van der Waals surface area contributed by atoms with Crippen LogP contribution in [0.15, 0.2) is 48.5 Å². The van der Waals surface area contributed by atoms with Crippen molar-refractivity contribution >= 4 is 17.5 Å². The minimum absolute atomic E-state index is 0.0361. The Morgan fingerprint density at radius 2 is 1.52 bits per heavy atom. The summed E-state index contributed by atoms with van der Waals surface area (Å²) in [5.41, 5.74) is 4.28. The van der Waals surface area contributed by atoms with E-state index in [-0.39, 0.29) is 29.7 Å². The average Bonchev–Trinajstić information content (AvgIpc) is 3.50. The Labute approximate surface area is 161 Å². The average molecular weight is 364 g/mol. The van der Waals surface area contributed by atoms with Crippen LogP contribution in [-0.4, -0.2) is 11.8 Å². The third kappa shape index (κ3) is 4.38. The number of para-hydroxylation sites is 1. The maximum Gasteiger partial charge on any atom is 0.228 e. The van der Waals surface area contributed by atoms with Gasteiger partial charge in [0.15, 0.2) is 0 Å². The van der Waals surface area contributed by atoms with Gasteiger partial charge in [0.05, 0.1) is 17.9 Å². The summed E-state index contributed by atoms with van der Waals surface area (Å²) in [5.74, 6) is -0.540. The largest absolute Gasteiger partial charge is 0.349 e. The SMILES string of the molecule is CCc1cccc(CC)c1NC(=O)C1CC1C(=O)NC(C)c1ccccc1. The Bertz CT molecular complexity index is 794. The van der Waals surface area contributed by atoms with Crippen molar-refractivity contribution in [3.8, 4) is 0 Å². The topological polar surface area (TPSA) is 58.2 Å². The fourth-order valence-corrected chi connectivity index (χ4v) is 3.54. The van der Waals surface area contributed by atoms with Gasteiger partial charge in [-0.15, -0.1) is 0 Å². The molecule has 3 unspecified atom stereocenters. The summed E-state index contributed by atoms with van der Waals surface area (Å²) in [6, 6.07) is 15.9. The van der Waals surface area contributed by atoms with Crippen molar-refractivity contribution in [2.24, 2.45) is 11.8 Å². The number of carbonyl (C=O) groups is 2. The van der Waals surface area contributed by atoms with Gasteiger partial charge in [-0.05, 0) is 42.9 Å². The summed E-state index contributed by atoms with van der Waals surface area (Å²) in [7, 11) is 0. The summed E-state index contributed by atoms with van der Waals surface area (Å²) in [4.78, 5) is 25.2. The molecule has 2 aromatic rings. The van der Waals surface area contributed by atoms with E-state index in [2.05, 4.69) is 24.5 Å². The molecule has 0 saturated heterocycles. The van der Waals surface area contributed by atoms with Crippen molar-refractivity contribution in [3.05, 3.63) is 65.2 Å². The van der Waals surface area contributed by atoms with Crippen LogP contribution in [0.25, 0.3) is 0 Å². The molecule has 2 amide bonds. The van der Waals surface area contributed by atoms with E-state index < -0.39 is 0 Å². The molecular formula is C23H28N2O2. The summed E-state index contributed by atoms with van der Waals surface area (Å²) in [6.45, 7) is 6.14. The standard InChI is InChI=1S/C23H28N2O2/c1-4-16-12-9-13-17(5-2)21(16)25-23(27)20-14-19(20)22(26)24-15(3)18-10-7-6-8-11-18/h6-13,15,19-20H,4-5,14H2,1-3H3,(H,24,26)(H,25,27). The molecule has 1 aliphatic rings. The van der Waals surface area contributed by atoms with Crippen LogP contribution in [0.1, 0.15) is 49.9 Å². The highest BCUT2D eigenvalue weighted by molar-refractivity contribution is 6.00. The van der Waals surface area contributed by atoms with E-state index in [4.69, 9.17) is 0 Å². The number of hydrogen-bond donors (Lipinski definition) is 2. The van der Waals surface area contributed by atoms with E-state index in [1.54, 1.807) is 0 Å². The molecule has 1 fully saturated rings. The van der Waals surface area contributed by atoms with Gasteiger partial charge in [-0.25, -0.2) is 0 Å². The van der Waals surface area contributed by atoms with Gasteiger partial charge in [0.25, 0.3) is 0 Å². The molecule has 142 valence electrons.